The van der Waals surface area contributed by atoms with Gasteiger partial charge in [-0.3, -0.25) is 9.59 Å². The van der Waals surface area contributed by atoms with Gasteiger partial charge in [0.1, 0.15) is 6.54 Å². The van der Waals surface area contributed by atoms with E-state index in [-0.39, 0.29) is 18.7 Å². The van der Waals surface area contributed by atoms with Crippen LogP contribution in [-0.2, 0) is 9.59 Å². The fourth-order valence-corrected chi connectivity index (χ4v) is 0.941. The Kier molecular flexibility index (Phi) is 4.15. The number of carbonyl (C=O) groups is 2. The van der Waals surface area contributed by atoms with E-state index >= 15 is 0 Å². The molecule has 0 aliphatic heterocycles. The summed E-state index contributed by atoms with van der Waals surface area (Å²) in [6, 6.07) is 9.03. The molecule has 15 heavy (non-hydrogen) atoms. The fourth-order valence-electron chi connectivity index (χ4n) is 0.941. The molecule has 0 saturated carbocycles. The number of nitrogens with two attached hydrogens (primary N) is 1. The highest BCUT2D eigenvalue weighted by Gasteiger charge is 2.04. The molecule has 1 aromatic rings. The van der Waals surface area contributed by atoms with Crippen molar-refractivity contribution in [2.24, 2.45) is 16.0 Å². The first-order valence-electron chi connectivity index (χ1n) is 4.41. The molecule has 1 rings (SSSR count). The molecule has 0 heterocycles. The molecule has 5 heteroatoms. The van der Waals surface area contributed by atoms with Crippen LogP contribution in [0.3, 0.4) is 0 Å². The van der Waals surface area contributed by atoms with Crippen molar-refractivity contribution in [2.45, 2.75) is 6.42 Å². The first kappa shape index (κ1) is 11.0. The van der Waals surface area contributed by atoms with Crippen LogP contribution >= 0.6 is 0 Å². The third kappa shape index (κ3) is 4.66. The number of carbonyl (C=O) groups excluding carboxylic acids is 2. The number of hydrogen-bond donors (Lipinski definition) is 1. The summed E-state index contributed by atoms with van der Waals surface area (Å²) < 4.78 is 0. The molecule has 0 saturated heterocycles. The third-order valence-corrected chi connectivity index (χ3v) is 1.56. The molecule has 0 fully saturated rings. The van der Waals surface area contributed by atoms with Crippen LogP contribution in [0.25, 0.3) is 0 Å². The van der Waals surface area contributed by atoms with Gasteiger partial charge < -0.3 is 5.73 Å². The molecule has 5 nitrogen and oxygen atoms in total. The fraction of sp³-hybridized carbons (Fsp3) is 0.200. The maximum absolute atomic E-state index is 11.0. The van der Waals surface area contributed by atoms with Crippen LogP contribution in [0.1, 0.15) is 6.42 Å². The monoisotopic (exact) mass is 205 g/mol. The summed E-state index contributed by atoms with van der Waals surface area (Å²) >= 11 is 0. The molecule has 78 valence electrons. The Morgan fingerprint density at radius 3 is 2.47 bits per heavy atom. The molecule has 0 spiro atoms. The topological polar surface area (TPSA) is 84.9 Å². The molecule has 0 aromatic heterocycles. The molecule has 0 atom stereocenters. The van der Waals surface area contributed by atoms with Crippen LogP contribution in [0.5, 0.6) is 0 Å². The first-order valence-corrected chi connectivity index (χ1v) is 4.41. The van der Waals surface area contributed by atoms with E-state index in [1.165, 1.54) is 0 Å². The molecule has 0 aliphatic rings. The van der Waals surface area contributed by atoms with Gasteiger partial charge in [0, 0.05) is 0 Å². The lowest BCUT2D eigenvalue weighted by Crippen LogP contribution is -2.17. The van der Waals surface area contributed by atoms with Crippen molar-refractivity contribution in [1.82, 2.24) is 0 Å². The number of nitrogens with zero attached hydrogens (tertiary/aromatic N) is 2. The van der Waals surface area contributed by atoms with E-state index in [2.05, 4.69) is 10.2 Å². The van der Waals surface area contributed by atoms with Crippen LogP contribution in [-0.4, -0.2) is 18.2 Å². The highest BCUT2D eigenvalue weighted by Crippen LogP contribution is 2.09. The van der Waals surface area contributed by atoms with E-state index in [1.807, 2.05) is 18.2 Å². The van der Waals surface area contributed by atoms with Gasteiger partial charge >= 0.3 is 0 Å². The van der Waals surface area contributed by atoms with Crippen LogP contribution in [0.2, 0.25) is 0 Å². The summed E-state index contributed by atoms with van der Waals surface area (Å²) in [5, 5.41) is 7.47. The SMILES string of the molecule is NC(=O)CC(=O)C/N=N/c1ccccc1. The van der Waals surface area contributed by atoms with E-state index in [1.54, 1.807) is 12.1 Å². The van der Waals surface area contributed by atoms with Crippen molar-refractivity contribution >= 4 is 17.4 Å². The number of rotatable bonds is 5. The Bertz CT molecular complexity index is 374. The van der Waals surface area contributed by atoms with Gasteiger partial charge in [-0.05, 0) is 12.1 Å². The highest BCUT2D eigenvalue weighted by atomic mass is 16.2. The van der Waals surface area contributed by atoms with E-state index in [4.69, 9.17) is 5.73 Å². The van der Waals surface area contributed by atoms with Crippen molar-refractivity contribution in [2.75, 3.05) is 6.54 Å². The van der Waals surface area contributed by atoms with Crippen molar-refractivity contribution in [3.63, 3.8) is 0 Å². The summed E-state index contributed by atoms with van der Waals surface area (Å²) in [6.07, 6.45) is -0.284. The van der Waals surface area contributed by atoms with E-state index in [0.717, 1.165) is 0 Å². The average Bonchev–Trinajstić information content (AvgIpc) is 2.18. The lowest BCUT2D eigenvalue weighted by Gasteiger charge is -1.92. The van der Waals surface area contributed by atoms with Crippen LogP contribution in [0.4, 0.5) is 5.69 Å². The number of hydrogen-bond acceptors (Lipinski definition) is 4. The number of amides is 1. The average molecular weight is 205 g/mol. The van der Waals surface area contributed by atoms with Gasteiger partial charge in [0.15, 0.2) is 5.78 Å². The number of benzene rings is 1. The zero-order chi connectivity index (χ0) is 11.1. The predicted molar refractivity (Wildman–Crippen MR) is 54.6 cm³/mol. The summed E-state index contributed by atoms with van der Waals surface area (Å²) in [5.74, 6) is -0.975. The zero-order valence-electron chi connectivity index (χ0n) is 8.09. The second kappa shape index (κ2) is 5.64. The van der Waals surface area contributed by atoms with E-state index < -0.39 is 5.91 Å². The van der Waals surface area contributed by atoms with Crippen LogP contribution in [0.15, 0.2) is 40.6 Å². The summed E-state index contributed by atoms with van der Waals surface area (Å²) in [7, 11) is 0. The van der Waals surface area contributed by atoms with Crippen LogP contribution in [0, 0.1) is 0 Å². The second-order valence-electron chi connectivity index (χ2n) is 2.92. The van der Waals surface area contributed by atoms with Crippen molar-refractivity contribution in [3.8, 4) is 0 Å². The minimum atomic E-state index is -0.644. The minimum Gasteiger partial charge on any atom is -0.369 e. The normalized spacial score (nSPS) is 10.4. The Morgan fingerprint density at radius 2 is 1.87 bits per heavy atom. The van der Waals surface area contributed by atoms with Crippen LogP contribution < -0.4 is 5.73 Å². The summed E-state index contributed by atoms with van der Waals surface area (Å²) in [4.78, 5) is 21.4. The molecule has 0 unspecified atom stereocenters. The van der Waals surface area contributed by atoms with Gasteiger partial charge in [0.05, 0.1) is 12.1 Å². The predicted octanol–water partition coefficient (Wildman–Crippen LogP) is 1.21. The molecular formula is C10H11N3O2. The third-order valence-electron chi connectivity index (χ3n) is 1.56. The lowest BCUT2D eigenvalue weighted by atomic mass is 10.3. The number of azo groups is 1. The van der Waals surface area contributed by atoms with Gasteiger partial charge in [-0.15, -0.1) is 0 Å². The molecule has 1 amide bonds. The Balaban J connectivity index is 2.40. The molecule has 2 N–H and O–H groups in total. The lowest BCUT2D eigenvalue weighted by molar-refractivity contribution is -0.125. The molecular weight excluding hydrogens is 194 g/mol. The Labute approximate surface area is 87.0 Å². The van der Waals surface area contributed by atoms with Gasteiger partial charge in [-0.2, -0.15) is 10.2 Å². The first-order chi connectivity index (χ1) is 7.18. The number of Topliss-reactive ketones (excluding diaryl/α,β-unsaturated/α-hetero) is 1. The highest BCUT2D eigenvalue weighted by molar-refractivity contribution is 5.98. The maximum Gasteiger partial charge on any atom is 0.224 e. The number of ketones is 1. The second-order valence-corrected chi connectivity index (χ2v) is 2.92. The minimum absolute atomic E-state index is 0.113. The van der Waals surface area contributed by atoms with Crippen molar-refractivity contribution < 1.29 is 9.59 Å². The summed E-state index contributed by atoms with van der Waals surface area (Å²) in [5.41, 5.74) is 5.51. The Morgan fingerprint density at radius 1 is 1.20 bits per heavy atom. The van der Waals surface area contributed by atoms with E-state index in [0.29, 0.717) is 5.69 Å². The van der Waals surface area contributed by atoms with Gasteiger partial charge in [0.25, 0.3) is 0 Å². The van der Waals surface area contributed by atoms with Gasteiger partial charge in [0.2, 0.25) is 5.91 Å². The smallest absolute Gasteiger partial charge is 0.224 e. The molecule has 0 bridgehead atoms. The summed E-state index contributed by atoms with van der Waals surface area (Å²) in [6.45, 7) is -0.113. The van der Waals surface area contributed by atoms with Gasteiger partial charge in [-0.1, -0.05) is 18.2 Å². The molecule has 0 aliphatic carbocycles. The largest absolute Gasteiger partial charge is 0.369 e. The molecule has 0 radical (unpaired) electrons. The zero-order valence-corrected chi connectivity index (χ0v) is 8.09. The maximum atomic E-state index is 11.0. The molecule has 1 aromatic carbocycles. The van der Waals surface area contributed by atoms with E-state index in [9.17, 15) is 9.59 Å². The standard InChI is InChI=1S/C10H11N3O2/c11-10(15)6-9(14)7-12-13-8-4-2-1-3-5-8/h1-5H,6-7H2,(H2,11,15)/b13-12+. The van der Waals surface area contributed by atoms with Gasteiger partial charge in [-0.25, -0.2) is 0 Å². The Hall–Kier alpha value is -2.04. The quantitative estimate of drug-likeness (QED) is 0.578. The van der Waals surface area contributed by atoms with Crippen molar-refractivity contribution in [1.29, 1.82) is 0 Å². The number of primary amides is 1. The van der Waals surface area contributed by atoms with Crippen molar-refractivity contribution in [3.05, 3.63) is 30.3 Å².